The third-order valence-corrected chi connectivity index (χ3v) is 7.38. The molecule has 8 heteroatoms. The Bertz CT molecular complexity index is 1580. The highest BCUT2D eigenvalue weighted by Gasteiger charge is 2.30. The van der Waals surface area contributed by atoms with Crippen LogP contribution in [0.25, 0.3) is 17.0 Å². The Hall–Kier alpha value is -3.81. The molecule has 1 aromatic heterocycles. The maximum absolute atomic E-state index is 13.5. The van der Waals surface area contributed by atoms with Crippen molar-refractivity contribution in [2.24, 2.45) is 7.05 Å². The van der Waals surface area contributed by atoms with Crippen LogP contribution in [0, 0.1) is 0 Å². The number of hydrogen-bond donors (Lipinski definition) is 1. The molecule has 4 aromatic rings. The van der Waals surface area contributed by atoms with Gasteiger partial charge in [-0.1, -0.05) is 105 Å². The minimum atomic E-state index is -4.43. The lowest BCUT2D eigenvalue weighted by Crippen LogP contribution is -2.25. The monoisotopic (exact) mass is 607 g/mol. The number of phenolic OH excluding ortho intramolecular Hbond substituents is 1. The van der Waals surface area contributed by atoms with Crippen molar-refractivity contribution < 1.29 is 18.3 Å². The van der Waals surface area contributed by atoms with Crippen LogP contribution in [0.15, 0.2) is 91.0 Å². The van der Waals surface area contributed by atoms with Gasteiger partial charge in [0.05, 0.1) is 17.0 Å². The molecule has 226 valence electrons. The molecule has 1 aliphatic carbocycles. The van der Waals surface area contributed by atoms with Crippen molar-refractivity contribution in [1.29, 1.82) is 0 Å². The Balaban J connectivity index is 0.00000135. The van der Waals surface area contributed by atoms with Crippen molar-refractivity contribution in [2.75, 3.05) is 0 Å². The van der Waals surface area contributed by atoms with E-state index < -0.39 is 11.7 Å². The minimum absolute atomic E-state index is 0.0527. The third kappa shape index (κ3) is 8.39. The summed E-state index contributed by atoms with van der Waals surface area (Å²) in [6.07, 6.45) is 4.83. The fourth-order valence-electron chi connectivity index (χ4n) is 5.00. The van der Waals surface area contributed by atoms with Crippen LogP contribution < -0.4 is 0 Å². The first kappa shape index (κ1) is 32.1. The average Bonchev–Trinajstić information content (AvgIpc) is 3.31. The summed E-state index contributed by atoms with van der Waals surface area (Å²) in [7, 11) is 1.98. The molecule has 0 saturated carbocycles. The van der Waals surface area contributed by atoms with Gasteiger partial charge in [-0.3, -0.25) is 4.90 Å². The largest absolute Gasteiger partial charge is 0.508 e. The average molecular weight is 608 g/mol. The van der Waals surface area contributed by atoms with Gasteiger partial charge in [-0.15, -0.1) is 0 Å². The van der Waals surface area contributed by atoms with Crippen molar-refractivity contribution in [2.45, 2.75) is 58.9 Å². The molecule has 4 nitrogen and oxygen atoms in total. The summed E-state index contributed by atoms with van der Waals surface area (Å²) in [6, 6.07) is 20.1. The van der Waals surface area contributed by atoms with Crippen molar-refractivity contribution in [3.63, 3.8) is 0 Å². The van der Waals surface area contributed by atoms with Gasteiger partial charge in [-0.25, -0.2) is 4.98 Å². The van der Waals surface area contributed by atoms with E-state index in [4.69, 9.17) is 16.6 Å². The lowest BCUT2D eigenvalue weighted by Gasteiger charge is -2.25. The first-order valence-electron chi connectivity index (χ1n) is 14.4. The van der Waals surface area contributed by atoms with E-state index in [2.05, 4.69) is 35.5 Å². The molecule has 1 aliphatic rings. The molecule has 3 aromatic carbocycles. The first-order valence-corrected chi connectivity index (χ1v) is 14.8. The number of alkyl halides is 3. The van der Waals surface area contributed by atoms with Gasteiger partial charge < -0.3 is 9.67 Å². The van der Waals surface area contributed by atoms with Gasteiger partial charge in [0.2, 0.25) is 0 Å². The summed E-state index contributed by atoms with van der Waals surface area (Å²) in [6.45, 7) is 5.28. The summed E-state index contributed by atoms with van der Waals surface area (Å²) in [5.74, 6) is 0.875. The number of nitrogens with zero attached hydrogens (tertiary/aromatic N) is 3. The van der Waals surface area contributed by atoms with Crippen LogP contribution in [0.3, 0.4) is 0 Å². The van der Waals surface area contributed by atoms with Crippen LogP contribution >= 0.6 is 11.6 Å². The Morgan fingerprint density at radius 1 is 0.953 bits per heavy atom. The maximum atomic E-state index is 13.5. The van der Waals surface area contributed by atoms with E-state index in [0.717, 1.165) is 52.8 Å². The highest BCUT2D eigenvalue weighted by atomic mass is 35.5. The number of phenols is 1. The fraction of sp³-hybridized carbons (Fsp3) is 0.286. The van der Waals surface area contributed by atoms with Crippen LogP contribution in [0.5, 0.6) is 5.75 Å². The predicted molar refractivity (Wildman–Crippen MR) is 168 cm³/mol. The van der Waals surface area contributed by atoms with Gasteiger partial charge in [-0.2, -0.15) is 13.2 Å². The highest BCUT2D eigenvalue weighted by molar-refractivity contribution is 6.31. The zero-order valence-corrected chi connectivity index (χ0v) is 25.5. The summed E-state index contributed by atoms with van der Waals surface area (Å²) < 4.78 is 42.5. The van der Waals surface area contributed by atoms with E-state index >= 15 is 0 Å². The molecule has 1 heterocycles. The number of aromatic nitrogens is 2. The molecule has 0 saturated heterocycles. The third-order valence-electron chi connectivity index (χ3n) is 7.03. The van der Waals surface area contributed by atoms with Crippen molar-refractivity contribution in [3.05, 3.63) is 124 Å². The molecule has 0 bridgehead atoms. The molecule has 0 fully saturated rings. The van der Waals surface area contributed by atoms with Gasteiger partial charge in [0.15, 0.2) is 0 Å². The normalized spacial score (nSPS) is 13.1. The number of rotatable bonds is 8. The van der Waals surface area contributed by atoms with Gasteiger partial charge >= 0.3 is 6.18 Å². The van der Waals surface area contributed by atoms with Gasteiger partial charge in [0.1, 0.15) is 11.6 Å². The van der Waals surface area contributed by atoms with E-state index in [0.29, 0.717) is 23.7 Å². The number of allylic oxidation sites excluding steroid dienone is 4. The molecule has 0 atom stereocenters. The summed E-state index contributed by atoms with van der Waals surface area (Å²) in [5, 5.41) is 10.2. The lowest BCUT2D eigenvalue weighted by molar-refractivity contribution is -0.137. The standard InChI is InChI=1S/C32H29ClF3N3O.C3H8/c1-38-29(30(23-10-4-2-5-11-23)37-31(38)24-12-6-3-7-13-24)21-39(20-25-15-16-27(40)18-28(25)33)19-22-9-8-14-26(17-22)32(34,35)36;1-3-2/h2-4,6-10,12-18,40H,5,11,19-21H2,1H3;3H2,1-2H3. The van der Waals surface area contributed by atoms with Crippen LogP contribution in [0.4, 0.5) is 13.2 Å². The van der Waals surface area contributed by atoms with Crippen LogP contribution in [0.2, 0.25) is 5.02 Å². The second-order valence-corrected chi connectivity index (χ2v) is 11.0. The number of halogens is 4. The first-order chi connectivity index (χ1) is 20.6. The van der Waals surface area contributed by atoms with Gasteiger partial charge in [0.25, 0.3) is 0 Å². The molecule has 0 aliphatic heterocycles. The SMILES string of the molecule is CCC.Cn1c(-c2ccccc2)nc(C2=CC=CCC2)c1CN(Cc1cccc(C(F)(F)F)c1)Cc1ccc(O)cc1Cl. The van der Waals surface area contributed by atoms with Gasteiger partial charge in [0, 0.05) is 37.3 Å². The Labute approximate surface area is 256 Å². The fourth-order valence-corrected chi connectivity index (χ4v) is 5.24. The molecular weight excluding hydrogens is 571 g/mol. The van der Waals surface area contributed by atoms with E-state index in [1.165, 1.54) is 24.6 Å². The number of hydrogen-bond acceptors (Lipinski definition) is 3. The number of benzene rings is 3. The topological polar surface area (TPSA) is 41.3 Å². The van der Waals surface area contributed by atoms with E-state index in [9.17, 15) is 18.3 Å². The highest BCUT2D eigenvalue weighted by Crippen LogP contribution is 2.33. The quantitative estimate of drug-likeness (QED) is 0.217. The summed E-state index contributed by atoms with van der Waals surface area (Å²) in [4.78, 5) is 7.13. The smallest absolute Gasteiger partial charge is 0.416 e. The number of imidazole rings is 1. The zero-order chi connectivity index (χ0) is 31.0. The molecule has 5 rings (SSSR count). The van der Waals surface area contributed by atoms with Crippen molar-refractivity contribution in [3.8, 4) is 17.1 Å². The minimum Gasteiger partial charge on any atom is -0.508 e. The molecule has 0 amide bonds. The van der Waals surface area contributed by atoms with E-state index in [1.54, 1.807) is 18.2 Å². The molecule has 43 heavy (non-hydrogen) atoms. The zero-order valence-electron chi connectivity index (χ0n) is 24.7. The Morgan fingerprint density at radius 3 is 2.35 bits per heavy atom. The number of aromatic hydroxyl groups is 1. The molecule has 0 spiro atoms. The Morgan fingerprint density at radius 2 is 1.70 bits per heavy atom. The second kappa shape index (κ2) is 14.6. The maximum Gasteiger partial charge on any atom is 0.416 e. The summed E-state index contributed by atoms with van der Waals surface area (Å²) in [5.41, 5.74) is 4.57. The van der Waals surface area contributed by atoms with Crippen LogP contribution in [-0.4, -0.2) is 19.6 Å². The van der Waals surface area contributed by atoms with E-state index in [-0.39, 0.29) is 12.3 Å². The van der Waals surface area contributed by atoms with Gasteiger partial charge in [-0.05, 0) is 47.7 Å². The predicted octanol–water partition coefficient (Wildman–Crippen LogP) is 9.82. The molecule has 0 unspecified atom stereocenters. The Kier molecular flexibility index (Phi) is 10.9. The molecule has 0 radical (unpaired) electrons. The second-order valence-electron chi connectivity index (χ2n) is 10.6. The van der Waals surface area contributed by atoms with Crippen molar-refractivity contribution >= 4 is 17.2 Å². The molecular formula is C35H37ClF3N3O. The molecule has 1 N–H and O–H groups in total. The van der Waals surface area contributed by atoms with Crippen molar-refractivity contribution in [1.82, 2.24) is 14.5 Å². The van der Waals surface area contributed by atoms with Crippen LogP contribution in [0.1, 0.15) is 61.2 Å². The van der Waals surface area contributed by atoms with E-state index in [1.807, 2.05) is 43.5 Å². The summed E-state index contributed by atoms with van der Waals surface area (Å²) >= 11 is 6.46. The van der Waals surface area contributed by atoms with Crippen LogP contribution in [-0.2, 0) is 32.9 Å². The lowest BCUT2D eigenvalue weighted by atomic mass is 10.0.